The van der Waals surface area contributed by atoms with Gasteiger partial charge >= 0.3 is 4.46 Å². The van der Waals surface area contributed by atoms with Crippen LogP contribution in [0.1, 0.15) is 27.5 Å². The van der Waals surface area contributed by atoms with E-state index in [1.807, 2.05) is 6.92 Å². The number of nitrogens with zero attached hydrogens (tertiary/aromatic N) is 1. The van der Waals surface area contributed by atoms with Crippen LogP contribution in [-0.2, 0) is 0 Å². The zero-order valence-electron chi connectivity index (χ0n) is 12.5. The van der Waals surface area contributed by atoms with E-state index in [1.54, 1.807) is 48.5 Å². The molecule has 1 atom stereocenters. The molecule has 1 N–H and O–H groups in total. The van der Waals surface area contributed by atoms with Gasteiger partial charge in [-0.15, -0.1) is 0 Å². The summed E-state index contributed by atoms with van der Waals surface area (Å²) >= 11 is 15.1. The lowest BCUT2D eigenvalue weighted by atomic mass is 10.0. The minimum Gasteiger partial charge on any atom is -0.336 e. The maximum Gasteiger partial charge on any atom is 0.394 e. The minimum atomic E-state index is -2.40. The molecule has 1 amide bonds. The Kier molecular flexibility index (Phi) is 5.85. The molecule has 0 radical (unpaired) electrons. The van der Waals surface area contributed by atoms with Gasteiger partial charge in [-0.1, -0.05) is 45.8 Å². The highest BCUT2D eigenvalue weighted by Gasteiger charge is 2.49. The van der Waals surface area contributed by atoms with Gasteiger partial charge in [-0.2, -0.15) is 0 Å². The second-order valence-corrected chi connectivity index (χ2v) is 7.43. The van der Waals surface area contributed by atoms with Gasteiger partial charge in [-0.05, 0) is 60.0 Å². The number of alkyl halides is 2. The molecule has 0 heterocycles. The van der Waals surface area contributed by atoms with Gasteiger partial charge in [0.15, 0.2) is 6.04 Å². The van der Waals surface area contributed by atoms with Crippen molar-refractivity contribution < 1.29 is 9.72 Å². The van der Waals surface area contributed by atoms with Crippen LogP contribution < -0.4 is 5.32 Å². The highest BCUT2D eigenvalue weighted by atomic mass is 79.9. The lowest BCUT2D eigenvalue weighted by molar-refractivity contribution is -0.521. The van der Waals surface area contributed by atoms with Gasteiger partial charge in [-0.3, -0.25) is 14.9 Å². The molecular formula is C16H13BrCl2N2O3. The molecule has 8 heteroatoms. The Bertz CT molecular complexity index is 749. The molecule has 0 spiro atoms. The second-order valence-electron chi connectivity index (χ2n) is 5.17. The normalized spacial score (nSPS) is 12.5. The number of benzene rings is 2. The van der Waals surface area contributed by atoms with E-state index < -0.39 is 21.3 Å². The molecule has 126 valence electrons. The number of nitrogens with one attached hydrogen (secondary N) is 1. The SMILES string of the molecule is Cc1ccc(C(NC(=O)c2ccc(Br)cc2)C(Cl)(Cl)[N+](=O)[O-])cc1. The third kappa shape index (κ3) is 4.26. The number of carbonyl (C=O) groups is 1. The highest BCUT2D eigenvalue weighted by Crippen LogP contribution is 2.37. The summed E-state index contributed by atoms with van der Waals surface area (Å²) < 4.78 is -1.59. The number of aryl methyl sites for hydroxylation is 1. The molecule has 2 rings (SSSR count). The fourth-order valence-corrected chi connectivity index (χ4v) is 2.68. The monoisotopic (exact) mass is 430 g/mol. The maximum absolute atomic E-state index is 12.4. The third-order valence-electron chi connectivity index (χ3n) is 3.38. The van der Waals surface area contributed by atoms with Crippen LogP contribution in [0.2, 0.25) is 0 Å². The van der Waals surface area contributed by atoms with Crippen molar-refractivity contribution in [3.8, 4) is 0 Å². The number of carbonyl (C=O) groups excluding carboxylic acids is 1. The molecule has 5 nitrogen and oxygen atoms in total. The lowest BCUT2D eigenvalue weighted by Gasteiger charge is -2.24. The molecule has 1 unspecified atom stereocenters. The van der Waals surface area contributed by atoms with Crippen molar-refractivity contribution in [1.82, 2.24) is 5.32 Å². The van der Waals surface area contributed by atoms with Crippen molar-refractivity contribution in [3.63, 3.8) is 0 Å². The summed E-state index contributed by atoms with van der Waals surface area (Å²) in [6.07, 6.45) is 0. The molecule has 0 fully saturated rings. The zero-order valence-corrected chi connectivity index (χ0v) is 15.6. The first-order valence-corrected chi connectivity index (χ1v) is 8.42. The van der Waals surface area contributed by atoms with Crippen molar-refractivity contribution in [3.05, 3.63) is 79.8 Å². The van der Waals surface area contributed by atoms with Gasteiger partial charge in [-0.25, -0.2) is 0 Å². The summed E-state index contributed by atoms with van der Waals surface area (Å²) in [6.45, 7) is 1.88. The quantitative estimate of drug-likeness (QED) is 0.324. The number of halogens is 3. The van der Waals surface area contributed by atoms with Crippen LogP contribution in [0.3, 0.4) is 0 Å². The van der Waals surface area contributed by atoms with Crippen LogP contribution in [0.15, 0.2) is 53.0 Å². The van der Waals surface area contributed by atoms with Crippen molar-refractivity contribution in [1.29, 1.82) is 0 Å². The Balaban J connectivity index is 2.35. The first-order chi connectivity index (χ1) is 11.2. The third-order valence-corrected chi connectivity index (χ3v) is 4.62. The van der Waals surface area contributed by atoms with E-state index in [0.29, 0.717) is 11.1 Å². The predicted octanol–water partition coefficient (Wildman–Crippen LogP) is 4.64. The Morgan fingerprint density at radius 1 is 1.17 bits per heavy atom. The van der Waals surface area contributed by atoms with E-state index in [9.17, 15) is 14.9 Å². The molecule has 2 aromatic carbocycles. The van der Waals surface area contributed by atoms with E-state index in [0.717, 1.165) is 10.0 Å². The van der Waals surface area contributed by atoms with Crippen LogP contribution in [0.5, 0.6) is 0 Å². The van der Waals surface area contributed by atoms with Gasteiger partial charge in [0.1, 0.15) is 0 Å². The van der Waals surface area contributed by atoms with E-state index >= 15 is 0 Å². The zero-order chi connectivity index (χ0) is 17.9. The van der Waals surface area contributed by atoms with Gasteiger partial charge in [0.05, 0.1) is 4.92 Å². The second kappa shape index (κ2) is 7.51. The highest BCUT2D eigenvalue weighted by molar-refractivity contribution is 9.10. The van der Waals surface area contributed by atoms with Gasteiger partial charge in [0, 0.05) is 10.0 Å². The fraction of sp³-hybridized carbons (Fsp3) is 0.188. The Labute approximate surface area is 157 Å². The number of hydrogen-bond acceptors (Lipinski definition) is 3. The molecule has 0 saturated carbocycles. The van der Waals surface area contributed by atoms with Crippen molar-refractivity contribution in [2.45, 2.75) is 17.4 Å². The topological polar surface area (TPSA) is 72.2 Å². The van der Waals surface area contributed by atoms with Crippen molar-refractivity contribution >= 4 is 45.0 Å². The fourth-order valence-electron chi connectivity index (χ4n) is 2.05. The number of hydrogen-bond donors (Lipinski definition) is 1. The Morgan fingerprint density at radius 2 is 1.71 bits per heavy atom. The lowest BCUT2D eigenvalue weighted by Crippen LogP contribution is -2.43. The summed E-state index contributed by atoms with van der Waals surface area (Å²) in [5.41, 5.74) is 1.74. The first-order valence-electron chi connectivity index (χ1n) is 6.87. The number of amides is 1. The van der Waals surface area contributed by atoms with Gasteiger partial charge < -0.3 is 5.32 Å². The maximum atomic E-state index is 12.4. The summed E-state index contributed by atoms with van der Waals surface area (Å²) in [7, 11) is 0. The van der Waals surface area contributed by atoms with E-state index in [-0.39, 0.29) is 0 Å². The van der Waals surface area contributed by atoms with Crippen LogP contribution in [0.25, 0.3) is 0 Å². The smallest absolute Gasteiger partial charge is 0.336 e. The molecule has 2 aromatic rings. The molecule has 0 aliphatic carbocycles. The number of rotatable bonds is 5. The predicted molar refractivity (Wildman–Crippen MR) is 97.0 cm³/mol. The standard InChI is InChI=1S/C16H13BrCl2N2O3/c1-10-2-4-11(5-3-10)14(16(18,19)21(23)24)20-15(22)12-6-8-13(17)9-7-12/h2-9,14H,1H3,(H,20,22). The Morgan fingerprint density at radius 3 is 2.21 bits per heavy atom. The molecule has 0 aromatic heterocycles. The summed E-state index contributed by atoms with van der Waals surface area (Å²) in [5, 5.41) is 13.8. The summed E-state index contributed by atoms with van der Waals surface area (Å²) in [6, 6.07) is 12.2. The van der Waals surface area contributed by atoms with Gasteiger partial charge in [0.25, 0.3) is 5.91 Å². The average Bonchev–Trinajstić information content (AvgIpc) is 2.53. The molecular weight excluding hydrogens is 419 g/mol. The van der Waals surface area contributed by atoms with Crippen LogP contribution in [-0.4, -0.2) is 15.3 Å². The molecule has 24 heavy (non-hydrogen) atoms. The molecule has 0 aliphatic rings. The molecule has 0 saturated heterocycles. The first kappa shape index (κ1) is 18.7. The van der Waals surface area contributed by atoms with Gasteiger partial charge in [0.2, 0.25) is 0 Å². The van der Waals surface area contributed by atoms with Crippen LogP contribution >= 0.6 is 39.1 Å². The van der Waals surface area contributed by atoms with E-state index in [4.69, 9.17) is 23.2 Å². The van der Waals surface area contributed by atoms with Crippen LogP contribution in [0, 0.1) is 17.0 Å². The van der Waals surface area contributed by atoms with Crippen LogP contribution in [0.4, 0.5) is 0 Å². The molecule has 0 aliphatic heterocycles. The van der Waals surface area contributed by atoms with Crippen molar-refractivity contribution in [2.24, 2.45) is 0 Å². The van der Waals surface area contributed by atoms with E-state index in [1.165, 1.54) is 0 Å². The Hall–Kier alpha value is -1.63. The summed E-state index contributed by atoms with van der Waals surface area (Å²) in [4.78, 5) is 22.8. The largest absolute Gasteiger partial charge is 0.394 e. The minimum absolute atomic E-state index is 0.336. The molecule has 0 bridgehead atoms. The summed E-state index contributed by atoms with van der Waals surface area (Å²) in [5.74, 6) is -0.513. The van der Waals surface area contributed by atoms with Crippen molar-refractivity contribution in [2.75, 3.05) is 0 Å². The average molecular weight is 432 g/mol. The van der Waals surface area contributed by atoms with E-state index in [2.05, 4.69) is 21.2 Å². The number of nitro groups is 1.